The van der Waals surface area contributed by atoms with E-state index in [2.05, 4.69) is 33.9 Å². The van der Waals surface area contributed by atoms with E-state index in [1.54, 1.807) is 42.5 Å². The van der Waals surface area contributed by atoms with Crippen molar-refractivity contribution >= 4 is 18.3 Å². The van der Waals surface area contributed by atoms with Crippen molar-refractivity contribution in [2.75, 3.05) is 6.54 Å². The first kappa shape index (κ1) is 18.3. The Balaban J connectivity index is 2.16. The average Bonchev–Trinajstić information content (AvgIpc) is 2.47. The van der Waals surface area contributed by atoms with E-state index in [-0.39, 0.29) is 16.5 Å². The smallest absolute Gasteiger partial charge is 0.265 e. The van der Waals surface area contributed by atoms with Crippen molar-refractivity contribution in [3.8, 4) is 0 Å². The molecule has 2 rings (SSSR count). The fraction of sp³-hybridized carbons (Fsp3) is 0.500. The van der Waals surface area contributed by atoms with Gasteiger partial charge in [-0.05, 0) is 36.3 Å². The van der Waals surface area contributed by atoms with Gasteiger partial charge in [0.2, 0.25) is 0 Å². The zero-order chi connectivity index (χ0) is 17.3. The molecule has 1 unspecified atom stereocenters. The van der Waals surface area contributed by atoms with Crippen molar-refractivity contribution in [3.05, 3.63) is 42.5 Å². The van der Waals surface area contributed by atoms with E-state index >= 15 is 0 Å². The normalized spacial score (nSPS) is 20.7. The Kier molecular flexibility index (Phi) is 5.17. The van der Waals surface area contributed by atoms with Crippen LogP contribution < -0.4 is 0 Å². The molecule has 128 valence electrons. The fourth-order valence-electron chi connectivity index (χ4n) is 1.84. The van der Waals surface area contributed by atoms with E-state index in [0.717, 1.165) is 4.47 Å². The van der Waals surface area contributed by atoms with Crippen molar-refractivity contribution in [2.24, 2.45) is 0 Å². The van der Waals surface area contributed by atoms with Crippen LogP contribution in [0.2, 0.25) is 18.1 Å². The Morgan fingerprint density at radius 2 is 1.83 bits per heavy atom. The SMILES string of the molecule is CC(C)(C)[Si](C)(C)OC1C=CCN(S(=O)(=O)c2ccccc2)O1. The number of nitrogens with zero attached hydrogens (tertiary/aromatic N) is 1. The maximum atomic E-state index is 12.6. The summed E-state index contributed by atoms with van der Waals surface area (Å²) in [5.41, 5.74) is 0. The van der Waals surface area contributed by atoms with Gasteiger partial charge in [-0.3, -0.25) is 0 Å². The monoisotopic (exact) mass is 355 g/mol. The molecule has 1 atom stereocenters. The quantitative estimate of drug-likeness (QED) is 0.612. The predicted molar refractivity (Wildman–Crippen MR) is 92.6 cm³/mol. The molecular weight excluding hydrogens is 330 g/mol. The van der Waals surface area contributed by atoms with Crippen LogP contribution >= 0.6 is 0 Å². The number of benzene rings is 1. The molecule has 1 heterocycles. The lowest BCUT2D eigenvalue weighted by molar-refractivity contribution is -0.190. The third-order valence-electron chi connectivity index (χ3n) is 4.30. The molecule has 23 heavy (non-hydrogen) atoms. The topological polar surface area (TPSA) is 55.8 Å². The highest BCUT2D eigenvalue weighted by molar-refractivity contribution is 7.89. The Bertz CT molecular complexity index is 665. The van der Waals surface area contributed by atoms with Crippen LogP contribution in [-0.4, -0.2) is 34.0 Å². The van der Waals surface area contributed by atoms with E-state index < -0.39 is 24.6 Å². The van der Waals surface area contributed by atoms with Gasteiger partial charge in [-0.15, -0.1) is 0 Å². The van der Waals surface area contributed by atoms with Gasteiger partial charge in [-0.25, -0.2) is 13.3 Å². The molecule has 1 aliphatic rings. The van der Waals surface area contributed by atoms with Crippen LogP contribution in [0, 0.1) is 0 Å². The summed E-state index contributed by atoms with van der Waals surface area (Å²) in [6.07, 6.45) is 2.86. The molecular formula is C16H25NO4SSi. The molecule has 5 nitrogen and oxygen atoms in total. The zero-order valence-electron chi connectivity index (χ0n) is 14.3. The van der Waals surface area contributed by atoms with Gasteiger partial charge in [0.25, 0.3) is 10.0 Å². The highest BCUT2D eigenvalue weighted by Gasteiger charge is 2.40. The third kappa shape index (κ3) is 4.10. The van der Waals surface area contributed by atoms with Crippen molar-refractivity contribution in [2.45, 2.75) is 50.1 Å². The van der Waals surface area contributed by atoms with Gasteiger partial charge in [0, 0.05) is 0 Å². The number of rotatable bonds is 4. The van der Waals surface area contributed by atoms with Crippen LogP contribution in [0.3, 0.4) is 0 Å². The highest BCUT2D eigenvalue weighted by atomic mass is 32.2. The number of hydroxylamine groups is 1. The standard InChI is InChI=1S/C16H25NO4SSi/c1-16(2,3)23(4,5)21-15-12-9-13-17(20-15)22(18,19)14-10-7-6-8-11-14/h6-12,15H,13H2,1-5H3. The molecule has 0 saturated carbocycles. The second-order valence-corrected chi connectivity index (χ2v) is 13.7. The molecule has 7 heteroatoms. The van der Waals surface area contributed by atoms with Gasteiger partial charge >= 0.3 is 0 Å². The average molecular weight is 356 g/mol. The van der Waals surface area contributed by atoms with Gasteiger partial charge in [0.1, 0.15) is 0 Å². The molecule has 1 aromatic rings. The van der Waals surface area contributed by atoms with E-state index in [1.165, 1.54) is 0 Å². The molecule has 0 amide bonds. The first-order chi connectivity index (χ1) is 10.5. The van der Waals surface area contributed by atoms with Crippen LogP contribution in [0.5, 0.6) is 0 Å². The predicted octanol–water partition coefficient (Wildman–Crippen LogP) is 3.53. The zero-order valence-corrected chi connectivity index (χ0v) is 16.1. The Morgan fingerprint density at radius 1 is 1.22 bits per heavy atom. The van der Waals surface area contributed by atoms with E-state index in [0.29, 0.717) is 0 Å². The molecule has 1 aromatic carbocycles. The lowest BCUT2D eigenvalue weighted by atomic mass is 10.2. The summed E-state index contributed by atoms with van der Waals surface area (Å²) in [5, 5.41) is 0.0186. The summed E-state index contributed by atoms with van der Waals surface area (Å²) >= 11 is 0. The first-order valence-electron chi connectivity index (χ1n) is 7.63. The number of hydrogen-bond acceptors (Lipinski definition) is 4. The summed E-state index contributed by atoms with van der Waals surface area (Å²) in [5.74, 6) is 0. The maximum absolute atomic E-state index is 12.6. The minimum atomic E-state index is -3.69. The van der Waals surface area contributed by atoms with Crippen LogP contribution in [0.4, 0.5) is 0 Å². The second-order valence-electron chi connectivity index (χ2n) is 7.08. The molecule has 0 N–H and O–H groups in total. The van der Waals surface area contributed by atoms with Crippen LogP contribution in [0.1, 0.15) is 20.8 Å². The maximum Gasteiger partial charge on any atom is 0.265 e. The van der Waals surface area contributed by atoms with Gasteiger partial charge in [0.05, 0.1) is 11.4 Å². The third-order valence-corrected chi connectivity index (χ3v) is 10.4. The first-order valence-corrected chi connectivity index (χ1v) is 12.0. The molecule has 0 spiro atoms. The lowest BCUT2D eigenvalue weighted by Crippen LogP contribution is -2.47. The summed E-state index contributed by atoms with van der Waals surface area (Å²) in [6.45, 7) is 10.8. The minimum absolute atomic E-state index is 0.0186. The lowest BCUT2D eigenvalue weighted by Gasteiger charge is -2.39. The van der Waals surface area contributed by atoms with Gasteiger partial charge < -0.3 is 4.43 Å². The Labute approximate surface area is 140 Å². The largest absolute Gasteiger partial charge is 0.388 e. The Hall–Kier alpha value is -0.993. The summed E-state index contributed by atoms with van der Waals surface area (Å²) in [6, 6.07) is 8.27. The molecule has 1 aliphatic heterocycles. The van der Waals surface area contributed by atoms with Crippen molar-refractivity contribution in [1.29, 1.82) is 0 Å². The van der Waals surface area contributed by atoms with Gasteiger partial charge in [0.15, 0.2) is 14.6 Å². The highest BCUT2D eigenvalue weighted by Crippen LogP contribution is 2.38. The van der Waals surface area contributed by atoms with Crippen LogP contribution in [0.25, 0.3) is 0 Å². The number of sulfonamides is 1. The minimum Gasteiger partial charge on any atom is -0.388 e. The van der Waals surface area contributed by atoms with Crippen LogP contribution in [0.15, 0.2) is 47.4 Å². The van der Waals surface area contributed by atoms with Crippen molar-refractivity contribution in [1.82, 2.24) is 4.47 Å². The molecule has 0 radical (unpaired) electrons. The summed E-state index contributed by atoms with van der Waals surface area (Å²) in [4.78, 5) is 5.82. The van der Waals surface area contributed by atoms with Crippen molar-refractivity contribution < 1.29 is 17.7 Å². The fourth-order valence-corrected chi connectivity index (χ4v) is 4.12. The van der Waals surface area contributed by atoms with E-state index in [9.17, 15) is 8.42 Å². The molecule has 0 fully saturated rings. The number of hydrogen-bond donors (Lipinski definition) is 0. The van der Waals surface area contributed by atoms with Gasteiger partial charge in [-0.1, -0.05) is 49.5 Å². The molecule has 0 aliphatic carbocycles. The van der Waals surface area contributed by atoms with Crippen LogP contribution in [-0.2, 0) is 19.3 Å². The van der Waals surface area contributed by atoms with Gasteiger partial charge in [-0.2, -0.15) is 0 Å². The molecule has 0 bridgehead atoms. The van der Waals surface area contributed by atoms with Crippen molar-refractivity contribution in [3.63, 3.8) is 0 Å². The molecule has 0 saturated heterocycles. The second kappa shape index (κ2) is 6.49. The van der Waals surface area contributed by atoms with E-state index in [1.807, 2.05) is 0 Å². The van der Waals surface area contributed by atoms with E-state index in [4.69, 9.17) is 9.26 Å². The summed E-state index contributed by atoms with van der Waals surface area (Å²) < 4.78 is 32.4. The Morgan fingerprint density at radius 3 is 2.39 bits per heavy atom. The summed E-state index contributed by atoms with van der Waals surface area (Å²) in [7, 11) is -5.75. The molecule has 0 aromatic heterocycles.